The van der Waals surface area contributed by atoms with Crippen LogP contribution in [-0.4, -0.2) is 39.6 Å². The number of hydrogen-bond acceptors (Lipinski definition) is 4. The first kappa shape index (κ1) is 12.1. The van der Waals surface area contributed by atoms with E-state index in [2.05, 4.69) is 18.8 Å². The monoisotopic (exact) mass is 266 g/mol. The normalized spacial score (nSPS) is 30.7. The molecule has 1 amide bonds. The topological polar surface area (TPSA) is 53.4 Å². The van der Waals surface area contributed by atoms with Gasteiger partial charge >= 0.3 is 0 Å². The Morgan fingerprint density at radius 2 is 2.22 bits per heavy atom. The Balaban J connectivity index is 1.83. The molecule has 4 nitrogen and oxygen atoms in total. The molecule has 1 aromatic heterocycles. The lowest BCUT2D eigenvalue weighted by Crippen LogP contribution is -2.46. The van der Waals surface area contributed by atoms with E-state index < -0.39 is 5.60 Å². The van der Waals surface area contributed by atoms with Gasteiger partial charge in [0.05, 0.1) is 17.7 Å². The van der Waals surface area contributed by atoms with Gasteiger partial charge in [-0.15, -0.1) is 11.3 Å². The summed E-state index contributed by atoms with van der Waals surface area (Å²) in [6.45, 7) is 5.16. The SMILES string of the molecule is CC1(C)CN(C(=O)c2cscn2)C[C@@]1(O)C1CC1. The molecule has 2 aliphatic rings. The van der Waals surface area contributed by atoms with E-state index in [-0.39, 0.29) is 11.3 Å². The van der Waals surface area contributed by atoms with Gasteiger partial charge in [-0.25, -0.2) is 4.98 Å². The number of carbonyl (C=O) groups is 1. The molecule has 0 spiro atoms. The summed E-state index contributed by atoms with van der Waals surface area (Å²) in [6.07, 6.45) is 2.16. The Bertz CT molecular complexity index is 467. The minimum absolute atomic E-state index is 0.0547. The van der Waals surface area contributed by atoms with Crippen molar-refractivity contribution in [2.75, 3.05) is 13.1 Å². The molecule has 1 saturated heterocycles. The molecule has 5 heteroatoms. The molecular weight excluding hydrogens is 248 g/mol. The molecular formula is C13H18N2O2S. The number of aliphatic hydroxyl groups is 1. The average Bonchev–Trinajstić information content (AvgIpc) is 2.96. The summed E-state index contributed by atoms with van der Waals surface area (Å²) in [6, 6.07) is 0. The molecule has 0 aromatic carbocycles. The van der Waals surface area contributed by atoms with Crippen LogP contribution in [0.2, 0.25) is 0 Å². The Kier molecular flexibility index (Phi) is 2.54. The Hall–Kier alpha value is -0.940. The number of β-amino-alcohol motifs (C(OH)–C–C–N with tert-alkyl or cyclic N) is 1. The van der Waals surface area contributed by atoms with Gasteiger partial charge in [0.2, 0.25) is 0 Å². The second-order valence-electron chi connectivity index (χ2n) is 6.12. The quantitative estimate of drug-likeness (QED) is 0.887. The zero-order chi connectivity index (χ0) is 13.0. The molecule has 1 aromatic rings. The van der Waals surface area contributed by atoms with Gasteiger partial charge in [-0.3, -0.25) is 4.79 Å². The van der Waals surface area contributed by atoms with Gasteiger partial charge < -0.3 is 10.0 Å². The highest BCUT2D eigenvalue weighted by molar-refractivity contribution is 7.07. The first-order valence-corrected chi connectivity index (χ1v) is 7.28. The third kappa shape index (κ3) is 1.68. The Labute approximate surface area is 111 Å². The van der Waals surface area contributed by atoms with Gasteiger partial charge in [-0.1, -0.05) is 13.8 Å². The highest BCUT2D eigenvalue weighted by atomic mass is 32.1. The van der Waals surface area contributed by atoms with E-state index in [1.165, 1.54) is 11.3 Å². The van der Waals surface area contributed by atoms with E-state index in [0.717, 1.165) is 12.8 Å². The van der Waals surface area contributed by atoms with E-state index in [0.29, 0.717) is 24.7 Å². The molecule has 0 unspecified atom stereocenters. The van der Waals surface area contributed by atoms with Crippen LogP contribution in [0.5, 0.6) is 0 Å². The summed E-state index contributed by atoms with van der Waals surface area (Å²) in [5.74, 6) is 0.307. The van der Waals surface area contributed by atoms with Gasteiger partial charge in [-0.2, -0.15) is 0 Å². The molecule has 2 fully saturated rings. The molecule has 0 bridgehead atoms. The lowest BCUT2D eigenvalue weighted by atomic mass is 9.75. The molecule has 1 atom stereocenters. The molecule has 98 valence electrons. The number of nitrogens with zero attached hydrogens (tertiary/aromatic N) is 2. The van der Waals surface area contributed by atoms with Crippen molar-refractivity contribution < 1.29 is 9.90 Å². The summed E-state index contributed by atoms with van der Waals surface area (Å²) >= 11 is 1.42. The summed E-state index contributed by atoms with van der Waals surface area (Å²) < 4.78 is 0. The fraction of sp³-hybridized carbons (Fsp3) is 0.692. The van der Waals surface area contributed by atoms with Crippen molar-refractivity contribution in [2.24, 2.45) is 11.3 Å². The summed E-state index contributed by atoms with van der Waals surface area (Å²) in [5, 5.41) is 12.6. The minimum atomic E-state index is -0.724. The van der Waals surface area contributed by atoms with Crippen LogP contribution >= 0.6 is 11.3 Å². The van der Waals surface area contributed by atoms with Gasteiger partial charge in [0, 0.05) is 17.3 Å². The van der Waals surface area contributed by atoms with Crippen LogP contribution < -0.4 is 0 Å². The van der Waals surface area contributed by atoms with Crippen molar-refractivity contribution in [2.45, 2.75) is 32.3 Å². The summed E-state index contributed by atoms with van der Waals surface area (Å²) in [4.78, 5) is 18.1. The first-order valence-electron chi connectivity index (χ1n) is 6.34. The van der Waals surface area contributed by atoms with Crippen molar-refractivity contribution in [1.29, 1.82) is 0 Å². The van der Waals surface area contributed by atoms with Crippen molar-refractivity contribution in [3.8, 4) is 0 Å². The highest BCUT2D eigenvalue weighted by Crippen LogP contribution is 2.52. The molecule has 1 N–H and O–H groups in total. The lowest BCUT2D eigenvalue weighted by molar-refractivity contribution is -0.0481. The second kappa shape index (κ2) is 3.78. The van der Waals surface area contributed by atoms with Gasteiger partial charge in [0.15, 0.2) is 0 Å². The van der Waals surface area contributed by atoms with Crippen LogP contribution in [0.15, 0.2) is 10.9 Å². The Morgan fingerprint density at radius 1 is 1.50 bits per heavy atom. The van der Waals surface area contributed by atoms with Crippen LogP contribution in [0, 0.1) is 11.3 Å². The number of likely N-dealkylation sites (tertiary alicyclic amines) is 1. The fourth-order valence-corrected chi connectivity index (χ4v) is 3.57. The highest BCUT2D eigenvalue weighted by Gasteiger charge is 2.59. The van der Waals surface area contributed by atoms with Gasteiger partial charge in [0.25, 0.3) is 5.91 Å². The van der Waals surface area contributed by atoms with Crippen LogP contribution in [0.3, 0.4) is 0 Å². The molecule has 3 rings (SSSR count). The van der Waals surface area contributed by atoms with Crippen molar-refractivity contribution in [3.63, 3.8) is 0 Å². The molecule has 2 heterocycles. The van der Waals surface area contributed by atoms with Gasteiger partial charge in [-0.05, 0) is 18.8 Å². The maximum absolute atomic E-state index is 12.3. The third-order valence-corrected chi connectivity index (χ3v) is 4.97. The predicted octanol–water partition coefficient (Wildman–Crippen LogP) is 1.77. The van der Waals surface area contributed by atoms with Crippen molar-refractivity contribution in [3.05, 3.63) is 16.6 Å². The second-order valence-corrected chi connectivity index (χ2v) is 6.84. The zero-order valence-electron chi connectivity index (χ0n) is 10.7. The average molecular weight is 266 g/mol. The lowest BCUT2D eigenvalue weighted by Gasteiger charge is -2.35. The number of carbonyl (C=O) groups excluding carboxylic acids is 1. The van der Waals surface area contributed by atoms with Crippen LogP contribution in [0.1, 0.15) is 37.2 Å². The van der Waals surface area contributed by atoms with Crippen molar-refractivity contribution in [1.82, 2.24) is 9.88 Å². The fourth-order valence-electron chi connectivity index (χ4n) is 3.04. The maximum atomic E-state index is 12.3. The Morgan fingerprint density at radius 3 is 2.78 bits per heavy atom. The zero-order valence-corrected chi connectivity index (χ0v) is 11.5. The largest absolute Gasteiger partial charge is 0.387 e. The first-order chi connectivity index (χ1) is 8.44. The van der Waals surface area contributed by atoms with E-state index in [1.807, 2.05) is 0 Å². The smallest absolute Gasteiger partial charge is 0.273 e. The van der Waals surface area contributed by atoms with E-state index in [9.17, 15) is 9.90 Å². The summed E-state index contributed by atoms with van der Waals surface area (Å²) in [7, 11) is 0. The molecule has 1 saturated carbocycles. The maximum Gasteiger partial charge on any atom is 0.273 e. The molecule has 0 radical (unpaired) electrons. The number of hydrogen-bond donors (Lipinski definition) is 1. The van der Waals surface area contributed by atoms with E-state index in [4.69, 9.17) is 0 Å². The van der Waals surface area contributed by atoms with Gasteiger partial charge in [0.1, 0.15) is 5.69 Å². The van der Waals surface area contributed by atoms with Crippen LogP contribution in [0.4, 0.5) is 0 Å². The van der Waals surface area contributed by atoms with Crippen LogP contribution in [0.25, 0.3) is 0 Å². The van der Waals surface area contributed by atoms with Crippen LogP contribution in [-0.2, 0) is 0 Å². The predicted molar refractivity (Wildman–Crippen MR) is 69.5 cm³/mol. The third-order valence-electron chi connectivity index (χ3n) is 4.38. The number of amides is 1. The number of aromatic nitrogens is 1. The van der Waals surface area contributed by atoms with E-state index >= 15 is 0 Å². The standard InChI is InChI=1S/C13H18N2O2S/c1-12(2)6-15(7-13(12,17)9-3-4-9)11(16)10-5-18-8-14-10/h5,8-9,17H,3-4,6-7H2,1-2H3/t13-/m1/s1. The molecule has 1 aliphatic carbocycles. The minimum Gasteiger partial charge on any atom is -0.387 e. The summed E-state index contributed by atoms with van der Waals surface area (Å²) in [5.41, 5.74) is 1.20. The molecule has 1 aliphatic heterocycles. The van der Waals surface area contributed by atoms with Crippen molar-refractivity contribution >= 4 is 17.2 Å². The number of rotatable bonds is 2. The molecule has 18 heavy (non-hydrogen) atoms. The van der Waals surface area contributed by atoms with E-state index in [1.54, 1.807) is 15.8 Å². The number of thiazole rings is 1.